The van der Waals surface area contributed by atoms with Gasteiger partial charge < -0.3 is 4.98 Å². The van der Waals surface area contributed by atoms with Crippen molar-refractivity contribution in [3.63, 3.8) is 0 Å². The number of aromatic amines is 3. The first-order valence-electron chi connectivity index (χ1n) is 4.41. The lowest BCUT2D eigenvalue weighted by Gasteiger charge is -1.96. The number of fused-ring (bicyclic) bond motifs is 1. The molecule has 0 saturated heterocycles. The number of aromatic nitrogens is 5. The number of rotatable bonds is 1. The molecule has 3 aromatic heterocycles. The third-order valence-electron chi connectivity index (χ3n) is 2.23. The maximum absolute atomic E-state index is 11.1. The highest BCUT2D eigenvalue weighted by molar-refractivity contribution is 5.88. The summed E-state index contributed by atoms with van der Waals surface area (Å²) in [5.74, 6) is 0. The summed E-state index contributed by atoms with van der Waals surface area (Å²) >= 11 is 0. The second-order valence-electron chi connectivity index (χ2n) is 3.15. The van der Waals surface area contributed by atoms with Crippen LogP contribution in [0.4, 0.5) is 0 Å². The SMILES string of the molecule is O=c1[nH]c2nccc(-c3cn[nH]c3)c2[nH]1. The summed E-state index contributed by atoms with van der Waals surface area (Å²) in [6.07, 6.45) is 5.11. The van der Waals surface area contributed by atoms with Crippen LogP contribution in [-0.4, -0.2) is 25.1 Å². The van der Waals surface area contributed by atoms with E-state index in [4.69, 9.17) is 0 Å². The number of H-pyrrole nitrogens is 3. The molecule has 3 heterocycles. The Kier molecular flexibility index (Phi) is 1.49. The van der Waals surface area contributed by atoms with Gasteiger partial charge in [-0.25, -0.2) is 9.78 Å². The normalized spacial score (nSPS) is 10.9. The highest BCUT2D eigenvalue weighted by atomic mass is 16.1. The average molecular weight is 201 g/mol. The van der Waals surface area contributed by atoms with E-state index in [0.717, 1.165) is 11.1 Å². The van der Waals surface area contributed by atoms with Crippen LogP contribution in [0.25, 0.3) is 22.3 Å². The van der Waals surface area contributed by atoms with Gasteiger partial charge in [-0.15, -0.1) is 0 Å². The summed E-state index contributed by atoms with van der Waals surface area (Å²) in [4.78, 5) is 20.5. The molecule has 3 aromatic rings. The molecule has 3 rings (SSSR count). The van der Waals surface area contributed by atoms with E-state index in [2.05, 4.69) is 25.1 Å². The first-order chi connectivity index (χ1) is 7.34. The van der Waals surface area contributed by atoms with Crippen LogP contribution < -0.4 is 5.69 Å². The van der Waals surface area contributed by atoms with Crippen molar-refractivity contribution in [2.45, 2.75) is 0 Å². The Hall–Kier alpha value is -2.37. The Labute approximate surface area is 83.4 Å². The Balaban J connectivity index is 2.40. The molecule has 0 fully saturated rings. The molecule has 0 aliphatic rings. The summed E-state index contributed by atoms with van der Waals surface area (Å²) in [6.45, 7) is 0. The molecule has 0 saturated carbocycles. The molecule has 0 aromatic carbocycles. The Morgan fingerprint density at radius 1 is 1.27 bits per heavy atom. The summed E-state index contributed by atoms with van der Waals surface area (Å²) in [7, 11) is 0. The highest BCUT2D eigenvalue weighted by Gasteiger charge is 2.07. The van der Waals surface area contributed by atoms with E-state index in [-0.39, 0.29) is 5.69 Å². The second kappa shape index (κ2) is 2.81. The molecule has 0 spiro atoms. The zero-order valence-electron chi connectivity index (χ0n) is 7.61. The van der Waals surface area contributed by atoms with Crippen molar-refractivity contribution in [3.05, 3.63) is 35.1 Å². The van der Waals surface area contributed by atoms with Gasteiger partial charge in [0.2, 0.25) is 0 Å². The van der Waals surface area contributed by atoms with E-state index in [9.17, 15) is 4.79 Å². The molecule has 0 atom stereocenters. The van der Waals surface area contributed by atoms with Crippen LogP contribution in [0.15, 0.2) is 29.5 Å². The van der Waals surface area contributed by atoms with Crippen molar-refractivity contribution in [1.82, 2.24) is 25.1 Å². The predicted molar refractivity (Wildman–Crippen MR) is 54.3 cm³/mol. The highest BCUT2D eigenvalue weighted by Crippen LogP contribution is 2.22. The Morgan fingerprint density at radius 3 is 3.00 bits per heavy atom. The molecule has 74 valence electrons. The zero-order chi connectivity index (χ0) is 10.3. The fraction of sp³-hybridized carbons (Fsp3) is 0. The molecular formula is C9H7N5O. The Morgan fingerprint density at radius 2 is 2.20 bits per heavy atom. The maximum atomic E-state index is 11.1. The molecular weight excluding hydrogens is 194 g/mol. The lowest BCUT2D eigenvalue weighted by Crippen LogP contribution is -1.99. The van der Waals surface area contributed by atoms with Crippen molar-refractivity contribution in [2.24, 2.45) is 0 Å². The van der Waals surface area contributed by atoms with Crippen LogP contribution in [0.5, 0.6) is 0 Å². The van der Waals surface area contributed by atoms with Gasteiger partial charge in [0, 0.05) is 23.5 Å². The smallest absolute Gasteiger partial charge is 0.304 e. The van der Waals surface area contributed by atoms with Crippen LogP contribution in [0.3, 0.4) is 0 Å². The van der Waals surface area contributed by atoms with E-state index >= 15 is 0 Å². The van der Waals surface area contributed by atoms with E-state index < -0.39 is 0 Å². The monoisotopic (exact) mass is 201 g/mol. The minimum atomic E-state index is -0.256. The van der Waals surface area contributed by atoms with Crippen LogP contribution in [0.1, 0.15) is 0 Å². The zero-order valence-corrected chi connectivity index (χ0v) is 7.61. The minimum Gasteiger partial charge on any atom is -0.304 e. The minimum absolute atomic E-state index is 0.256. The molecule has 0 bridgehead atoms. The van der Waals surface area contributed by atoms with E-state index in [1.807, 2.05) is 6.07 Å². The first kappa shape index (κ1) is 7.98. The number of nitrogens with zero attached hydrogens (tertiary/aromatic N) is 2. The molecule has 15 heavy (non-hydrogen) atoms. The number of imidazole rings is 1. The second-order valence-corrected chi connectivity index (χ2v) is 3.15. The van der Waals surface area contributed by atoms with Gasteiger partial charge in [-0.3, -0.25) is 10.1 Å². The lowest BCUT2D eigenvalue weighted by atomic mass is 10.1. The lowest BCUT2D eigenvalue weighted by molar-refractivity contribution is 1.09. The van der Waals surface area contributed by atoms with Crippen molar-refractivity contribution < 1.29 is 0 Å². The van der Waals surface area contributed by atoms with E-state index in [1.54, 1.807) is 18.6 Å². The van der Waals surface area contributed by atoms with Gasteiger partial charge in [-0.2, -0.15) is 5.10 Å². The van der Waals surface area contributed by atoms with Gasteiger partial charge in [0.1, 0.15) is 0 Å². The summed E-state index contributed by atoms with van der Waals surface area (Å²) in [5, 5.41) is 6.59. The van der Waals surface area contributed by atoms with Crippen LogP contribution in [-0.2, 0) is 0 Å². The maximum Gasteiger partial charge on any atom is 0.325 e. The largest absolute Gasteiger partial charge is 0.325 e. The topological polar surface area (TPSA) is 90.2 Å². The number of hydrogen-bond donors (Lipinski definition) is 3. The van der Waals surface area contributed by atoms with Crippen LogP contribution in [0, 0.1) is 0 Å². The molecule has 0 aliphatic carbocycles. The van der Waals surface area contributed by atoms with Gasteiger partial charge in [-0.05, 0) is 6.07 Å². The van der Waals surface area contributed by atoms with Gasteiger partial charge in [-0.1, -0.05) is 0 Å². The van der Waals surface area contributed by atoms with Crippen molar-refractivity contribution in [2.75, 3.05) is 0 Å². The summed E-state index contributed by atoms with van der Waals surface area (Å²) in [5.41, 5.74) is 2.81. The molecule has 0 unspecified atom stereocenters. The number of hydrogen-bond acceptors (Lipinski definition) is 3. The summed E-state index contributed by atoms with van der Waals surface area (Å²) < 4.78 is 0. The fourth-order valence-electron chi connectivity index (χ4n) is 1.57. The molecule has 0 radical (unpaired) electrons. The van der Waals surface area contributed by atoms with Crippen molar-refractivity contribution >= 4 is 11.2 Å². The van der Waals surface area contributed by atoms with Crippen molar-refractivity contribution in [1.29, 1.82) is 0 Å². The molecule has 6 heteroatoms. The molecule has 6 nitrogen and oxygen atoms in total. The molecule has 0 amide bonds. The van der Waals surface area contributed by atoms with E-state index in [0.29, 0.717) is 11.2 Å². The number of pyridine rings is 1. The standard InChI is InChI=1S/C9H7N5O/c15-9-13-7-6(5-3-11-12-4-5)1-2-10-8(7)14-9/h1-4H,(H,11,12)(H2,10,13,14,15). The predicted octanol–water partition coefficient (Wildman–Crippen LogP) is 0.641. The average Bonchev–Trinajstić information content (AvgIpc) is 2.82. The quantitative estimate of drug-likeness (QED) is 0.539. The van der Waals surface area contributed by atoms with Crippen molar-refractivity contribution in [3.8, 4) is 11.1 Å². The van der Waals surface area contributed by atoms with Gasteiger partial charge in [0.25, 0.3) is 0 Å². The third kappa shape index (κ3) is 1.15. The first-order valence-corrected chi connectivity index (χ1v) is 4.41. The molecule has 0 aliphatic heterocycles. The van der Waals surface area contributed by atoms with Gasteiger partial charge in [0.15, 0.2) is 5.65 Å². The summed E-state index contributed by atoms with van der Waals surface area (Å²) in [6, 6.07) is 1.83. The van der Waals surface area contributed by atoms with Gasteiger partial charge in [0.05, 0.1) is 11.7 Å². The third-order valence-corrected chi connectivity index (χ3v) is 2.23. The van der Waals surface area contributed by atoms with Gasteiger partial charge >= 0.3 is 5.69 Å². The number of nitrogens with one attached hydrogen (secondary N) is 3. The van der Waals surface area contributed by atoms with Crippen LogP contribution in [0.2, 0.25) is 0 Å². The van der Waals surface area contributed by atoms with Crippen LogP contribution >= 0.6 is 0 Å². The fourth-order valence-corrected chi connectivity index (χ4v) is 1.57. The Bertz CT molecular complexity index is 649. The molecule has 3 N–H and O–H groups in total. The van der Waals surface area contributed by atoms with E-state index in [1.165, 1.54) is 0 Å².